The summed E-state index contributed by atoms with van der Waals surface area (Å²) in [6, 6.07) is 4.70. The molecule has 0 saturated carbocycles. The van der Waals surface area contributed by atoms with Crippen LogP contribution in [0.3, 0.4) is 0 Å². The van der Waals surface area contributed by atoms with Gasteiger partial charge in [-0.1, -0.05) is 0 Å². The maximum Gasteiger partial charge on any atom is 0.243 e. The Morgan fingerprint density at radius 1 is 1.18 bits per heavy atom. The molecule has 1 aromatic carbocycles. The average molecular weight is 319 g/mol. The number of nitrogens with zero attached hydrogens (tertiary/aromatic N) is 3. The van der Waals surface area contributed by atoms with E-state index in [0.29, 0.717) is 6.42 Å². The molecule has 2 bridgehead atoms. The lowest BCUT2D eigenvalue weighted by Crippen LogP contribution is -2.42. The van der Waals surface area contributed by atoms with Crippen molar-refractivity contribution < 1.29 is 12.8 Å². The van der Waals surface area contributed by atoms with Crippen LogP contribution in [0.2, 0.25) is 0 Å². The summed E-state index contributed by atoms with van der Waals surface area (Å²) in [5, 5.41) is 0. The first-order chi connectivity index (χ1) is 10.6. The topological polar surface area (TPSA) is 63.2 Å². The van der Waals surface area contributed by atoms with Crippen LogP contribution in [0.15, 0.2) is 41.7 Å². The summed E-state index contributed by atoms with van der Waals surface area (Å²) in [7, 11) is -3.65. The Balaban J connectivity index is 1.79. The predicted octanol–water partition coefficient (Wildman–Crippen LogP) is 2.07. The van der Waals surface area contributed by atoms with Crippen molar-refractivity contribution in [2.75, 3.05) is 0 Å². The molecule has 2 aromatic rings. The van der Waals surface area contributed by atoms with Crippen LogP contribution in [0.5, 0.6) is 0 Å². The lowest BCUT2D eigenvalue weighted by atomic mass is 10.0. The summed E-state index contributed by atoms with van der Waals surface area (Å²) < 4.78 is 40.5. The van der Waals surface area contributed by atoms with E-state index in [9.17, 15) is 12.8 Å². The van der Waals surface area contributed by atoms with Crippen molar-refractivity contribution in [3.05, 3.63) is 53.9 Å². The second-order valence-electron chi connectivity index (χ2n) is 5.66. The molecule has 0 spiro atoms. The Morgan fingerprint density at radius 3 is 2.73 bits per heavy atom. The zero-order chi connectivity index (χ0) is 15.3. The molecule has 2 aliphatic heterocycles. The lowest BCUT2D eigenvalue weighted by Gasteiger charge is -2.34. The monoisotopic (exact) mass is 319 g/mol. The van der Waals surface area contributed by atoms with E-state index in [2.05, 4.69) is 9.97 Å². The fourth-order valence-electron chi connectivity index (χ4n) is 3.47. The Labute approximate surface area is 127 Å². The molecule has 5 nitrogen and oxygen atoms in total. The van der Waals surface area contributed by atoms with Crippen LogP contribution >= 0.6 is 0 Å². The van der Waals surface area contributed by atoms with Gasteiger partial charge in [0.2, 0.25) is 10.0 Å². The normalized spacial score (nSPS) is 24.2. The van der Waals surface area contributed by atoms with Gasteiger partial charge < -0.3 is 0 Å². The fraction of sp³-hybridized carbons (Fsp3) is 0.333. The Hall–Kier alpha value is -1.86. The SMILES string of the molecule is O=S(=O)(c1ccc(F)cc1)N1C2CCC1c1cncnc1C2. The van der Waals surface area contributed by atoms with E-state index < -0.39 is 15.8 Å². The highest BCUT2D eigenvalue weighted by Crippen LogP contribution is 2.45. The first-order valence-electron chi connectivity index (χ1n) is 7.15. The first kappa shape index (κ1) is 13.8. The van der Waals surface area contributed by atoms with Crippen molar-refractivity contribution in [1.29, 1.82) is 0 Å². The molecule has 2 aliphatic rings. The van der Waals surface area contributed by atoms with Gasteiger partial charge in [-0.05, 0) is 37.1 Å². The summed E-state index contributed by atoms with van der Waals surface area (Å²) in [5.41, 5.74) is 1.83. The highest BCUT2D eigenvalue weighted by atomic mass is 32.2. The third kappa shape index (κ3) is 1.96. The minimum atomic E-state index is -3.65. The number of halogens is 1. The Kier molecular flexibility index (Phi) is 3.02. The first-order valence-corrected chi connectivity index (χ1v) is 8.59. The highest BCUT2D eigenvalue weighted by Gasteiger charge is 2.47. The summed E-state index contributed by atoms with van der Waals surface area (Å²) in [6.07, 6.45) is 5.39. The van der Waals surface area contributed by atoms with Crippen LogP contribution in [0, 0.1) is 5.82 Å². The van der Waals surface area contributed by atoms with Crippen molar-refractivity contribution in [3.63, 3.8) is 0 Å². The van der Waals surface area contributed by atoms with Gasteiger partial charge in [0, 0.05) is 24.2 Å². The largest absolute Gasteiger partial charge is 0.244 e. The van der Waals surface area contributed by atoms with E-state index in [4.69, 9.17) is 0 Å². The summed E-state index contributed by atoms with van der Waals surface area (Å²) in [4.78, 5) is 8.44. The summed E-state index contributed by atoms with van der Waals surface area (Å²) in [5.74, 6) is -0.445. The molecular formula is C15H14FN3O2S. The molecule has 1 saturated heterocycles. The van der Waals surface area contributed by atoms with Gasteiger partial charge in [-0.3, -0.25) is 0 Å². The van der Waals surface area contributed by atoms with Gasteiger partial charge in [0.15, 0.2) is 0 Å². The molecule has 4 rings (SSSR count). The third-order valence-corrected chi connectivity index (χ3v) is 6.42. The number of benzene rings is 1. The van der Waals surface area contributed by atoms with E-state index in [0.717, 1.165) is 24.1 Å². The predicted molar refractivity (Wildman–Crippen MR) is 76.9 cm³/mol. The van der Waals surface area contributed by atoms with E-state index in [1.54, 1.807) is 10.5 Å². The molecule has 0 aliphatic carbocycles. The van der Waals surface area contributed by atoms with Crippen molar-refractivity contribution >= 4 is 10.0 Å². The van der Waals surface area contributed by atoms with Gasteiger partial charge in [-0.25, -0.2) is 22.8 Å². The van der Waals surface area contributed by atoms with Gasteiger partial charge in [-0.15, -0.1) is 0 Å². The van der Waals surface area contributed by atoms with Gasteiger partial charge in [0.25, 0.3) is 0 Å². The molecule has 0 radical (unpaired) electrons. The van der Waals surface area contributed by atoms with Gasteiger partial charge in [0.1, 0.15) is 12.1 Å². The molecule has 0 amide bonds. The third-order valence-electron chi connectivity index (χ3n) is 4.44. The second-order valence-corrected chi connectivity index (χ2v) is 7.51. The number of rotatable bonds is 2. The van der Waals surface area contributed by atoms with Crippen LogP contribution in [0.25, 0.3) is 0 Å². The molecule has 2 atom stereocenters. The number of sulfonamides is 1. The minimum absolute atomic E-state index is 0.0811. The molecule has 1 aromatic heterocycles. The van der Waals surface area contributed by atoms with Gasteiger partial charge >= 0.3 is 0 Å². The number of fused-ring (bicyclic) bond motifs is 4. The van der Waals surface area contributed by atoms with Gasteiger partial charge in [-0.2, -0.15) is 4.31 Å². The van der Waals surface area contributed by atoms with Crippen molar-refractivity contribution in [2.24, 2.45) is 0 Å². The molecule has 22 heavy (non-hydrogen) atoms. The quantitative estimate of drug-likeness (QED) is 0.850. The fourth-order valence-corrected chi connectivity index (χ4v) is 5.32. The zero-order valence-electron chi connectivity index (χ0n) is 11.7. The molecule has 0 N–H and O–H groups in total. The minimum Gasteiger partial charge on any atom is -0.244 e. The molecule has 3 heterocycles. The van der Waals surface area contributed by atoms with E-state index in [-0.39, 0.29) is 17.0 Å². The molecule has 114 valence electrons. The standard InChI is InChI=1S/C15H14FN3O2S/c16-10-1-4-12(5-2-10)22(20,21)19-11-3-6-15(19)13-8-17-9-18-14(13)7-11/h1-2,4-5,8-9,11,15H,3,6-7H2. The average Bonchev–Trinajstić information content (AvgIpc) is 2.84. The summed E-state index contributed by atoms with van der Waals surface area (Å²) in [6.45, 7) is 0. The van der Waals surface area contributed by atoms with Crippen molar-refractivity contribution in [2.45, 2.75) is 36.2 Å². The van der Waals surface area contributed by atoms with Crippen LogP contribution in [0.1, 0.15) is 30.1 Å². The second kappa shape index (κ2) is 4.82. The van der Waals surface area contributed by atoms with Crippen molar-refractivity contribution in [3.8, 4) is 0 Å². The maximum atomic E-state index is 13.1. The molecule has 2 unspecified atom stereocenters. The van der Waals surface area contributed by atoms with E-state index >= 15 is 0 Å². The van der Waals surface area contributed by atoms with Crippen LogP contribution in [-0.4, -0.2) is 28.7 Å². The lowest BCUT2D eigenvalue weighted by molar-refractivity contribution is 0.300. The maximum absolute atomic E-state index is 13.1. The van der Waals surface area contributed by atoms with Crippen LogP contribution < -0.4 is 0 Å². The van der Waals surface area contributed by atoms with Gasteiger partial charge in [0.05, 0.1) is 16.6 Å². The van der Waals surface area contributed by atoms with E-state index in [1.807, 2.05) is 0 Å². The number of hydrogen-bond donors (Lipinski definition) is 0. The van der Waals surface area contributed by atoms with Crippen molar-refractivity contribution in [1.82, 2.24) is 14.3 Å². The summed E-state index contributed by atoms with van der Waals surface area (Å²) >= 11 is 0. The number of aromatic nitrogens is 2. The number of hydrogen-bond acceptors (Lipinski definition) is 4. The Bertz CT molecular complexity index is 823. The molecule has 1 fully saturated rings. The molecule has 7 heteroatoms. The zero-order valence-corrected chi connectivity index (χ0v) is 12.5. The van der Waals surface area contributed by atoms with E-state index in [1.165, 1.54) is 30.6 Å². The smallest absolute Gasteiger partial charge is 0.243 e. The van der Waals surface area contributed by atoms with Crippen LogP contribution in [0.4, 0.5) is 4.39 Å². The molecular weight excluding hydrogens is 305 g/mol. The Morgan fingerprint density at radius 2 is 1.95 bits per heavy atom. The highest BCUT2D eigenvalue weighted by molar-refractivity contribution is 7.89. The van der Waals surface area contributed by atoms with Crippen LogP contribution in [-0.2, 0) is 16.4 Å².